The van der Waals surface area contributed by atoms with Gasteiger partial charge in [0.05, 0.1) is 12.1 Å². The smallest absolute Gasteiger partial charge is 0.237 e. The summed E-state index contributed by atoms with van der Waals surface area (Å²) < 4.78 is 5.91. The molecule has 0 bridgehead atoms. The zero-order valence-electron chi connectivity index (χ0n) is 13.0. The normalized spacial score (nSPS) is 26.3. The fraction of sp³-hybridized carbons (Fsp3) is 0.933. The fourth-order valence-electron chi connectivity index (χ4n) is 2.66. The highest BCUT2D eigenvalue weighted by molar-refractivity contribution is 5.81. The molecule has 0 aromatic heterocycles. The van der Waals surface area contributed by atoms with Gasteiger partial charge in [0.2, 0.25) is 5.91 Å². The molecular formula is C15H30N2O2. The molecule has 0 radical (unpaired) electrons. The van der Waals surface area contributed by atoms with Gasteiger partial charge in [-0.05, 0) is 24.2 Å². The van der Waals surface area contributed by atoms with E-state index in [9.17, 15) is 4.79 Å². The second-order valence-corrected chi connectivity index (χ2v) is 7.07. The summed E-state index contributed by atoms with van der Waals surface area (Å²) in [6.07, 6.45) is 2.39. The predicted molar refractivity (Wildman–Crippen MR) is 77.7 cm³/mol. The standard InChI is InChI=1S/C15H30N2O2/c1-10(2)12(16)14(18)17-9-11-7-6-8-19-13(11)15(3,4)5/h10-13H,6-9,16H2,1-5H3,(H,17,18)/t11?,12-,13?/m0/s1. The van der Waals surface area contributed by atoms with E-state index in [0.717, 1.165) is 19.4 Å². The van der Waals surface area contributed by atoms with Crippen LogP contribution in [0.5, 0.6) is 0 Å². The van der Waals surface area contributed by atoms with E-state index < -0.39 is 6.04 Å². The fourth-order valence-corrected chi connectivity index (χ4v) is 2.66. The minimum Gasteiger partial charge on any atom is -0.377 e. The summed E-state index contributed by atoms with van der Waals surface area (Å²) in [6, 6.07) is -0.419. The van der Waals surface area contributed by atoms with Crippen LogP contribution in [-0.2, 0) is 9.53 Å². The molecule has 0 aliphatic carbocycles. The van der Waals surface area contributed by atoms with Gasteiger partial charge in [0, 0.05) is 19.1 Å². The molecule has 1 saturated heterocycles. The number of nitrogens with two attached hydrogens (primary N) is 1. The number of ether oxygens (including phenoxy) is 1. The number of hydrogen-bond acceptors (Lipinski definition) is 3. The van der Waals surface area contributed by atoms with Crippen LogP contribution in [0, 0.1) is 17.3 Å². The van der Waals surface area contributed by atoms with Crippen LogP contribution in [0.1, 0.15) is 47.5 Å². The highest BCUT2D eigenvalue weighted by Gasteiger charge is 2.35. The number of carbonyl (C=O) groups excluding carboxylic acids is 1. The minimum absolute atomic E-state index is 0.0479. The highest BCUT2D eigenvalue weighted by atomic mass is 16.5. The quantitative estimate of drug-likeness (QED) is 0.820. The van der Waals surface area contributed by atoms with E-state index in [4.69, 9.17) is 10.5 Å². The van der Waals surface area contributed by atoms with Crippen LogP contribution in [0.25, 0.3) is 0 Å². The molecule has 1 rings (SSSR count). The Morgan fingerprint density at radius 1 is 1.42 bits per heavy atom. The van der Waals surface area contributed by atoms with E-state index in [2.05, 4.69) is 26.1 Å². The van der Waals surface area contributed by atoms with E-state index in [-0.39, 0.29) is 23.3 Å². The van der Waals surface area contributed by atoms with E-state index in [1.165, 1.54) is 0 Å². The summed E-state index contributed by atoms with van der Waals surface area (Å²) >= 11 is 0. The Labute approximate surface area is 117 Å². The van der Waals surface area contributed by atoms with Crippen molar-refractivity contribution in [1.29, 1.82) is 0 Å². The maximum Gasteiger partial charge on any atom is 0.237 e. The van der Waals surface area contributed by atoms with Gasteiger partial charge in [0.15, 0.2) is 0 Å². The molecule has 4 nitrogen and oxygen atoms in total. The Bertz CT molecular complexity index is 297. The lowest BCUT2D eigenvalue weighted by Gasteiger charge is -2.40. The van der Waals surface area contributed by atoms with Crippen LogP contribution < -0.4 is 11.1 Å². The molecule has 112 valence electrons. The third kappa shape index (κ3) is 4.77. The molecule has 1 fully saturated rings. The van der Waals surface area contributed by atoms with Crippen LogP contribution >= 0.6 is 0 Å². The zero-order valence-corrected chi connectivity index (χ0v) is 13.0. The molecule has 1 heterocycles. The van der Waals surface area contributed by atoms with Gasteiger partial charge in [-0.1, -0.05) is 34.6 Å². The van der Waals surface area contributed by atoms with Gasteiger partial charge in [-0.2, -0.15) is 0 Å². The van der Waals surface area contributed by atoms with E-state index in [0.29, 0.717) is 12.5 Å². The van der Waals surface area contributed by atoms with Gasteiger partial charge in [0.25, 0.3) is 0 Å². The minimum atomic E-state index is -0.419. The molecule has 0 spiro atoms. The second kappa shape index (κ2) is 6.71. The van der Waals surface area contributed by atoms with Crippen LogP contribution in [0.3, 0.4) is 0 Å². The van der Waals surface area contributed by atoms with Gasteiger partial charge in [-0.25, -0.2) is 0 Å². The molecule has 1 aliphatic heterocycles. The van der Waals surface area contributed by atoms with Gasteiger partial charge < -0.3 is 15.8 Å². The highest BCUT2D eigenvalue weighted by Crippen LogP contribution is 2.33. The molecule has 2 unspecified atom stereocenters. The van der Waals surface area contributed by atoms with Crippen LogP contribution in [0.15, 0.2) is 0 Å². The third-order valence-electron chi connectivity index (χ3n) is 3.86. The van der Waals surface area contributed by atoms with Crippen molar-refractivity contribution in [3.63, 3.8) is 0 Å². The first kappa shape index (κ1) is 16.4. The van der Waals surface area contributed by atoms with Crippen molar-refractivity contribution in [2.45, 2.75) is 59.6 Å². The van der Waals surface area contributed by atoms with Crippen LogP contribution in [0.2, 0.25) is 0 Å². The lowest BCUT2D eigenvalue weighted by atomic mass is 9.78. The Hall–Kier alpha value is -0.610. The average molecular weight is 270 g/mol. The lowest BCUT2D eigenvalue weighted by molar-refractivity contribution is -0.125. The van der Waals surface area contributed by atoms with E-state index in [1.807, 2.05) is 13.8 Å². The average Bonchev–Trinajstić information content (AvgIpc) is 2.34. The van der Waals surface area contributed by atoms with Crippen molar-refractivity contribution in [2.24, 2.45) is 23.0 Å². The molecule has 3 atom stereocenters. The number of hydrogen-bond donors (Lipinski definition) is 2. The summed E-state index contributed by atoms with van der Waals surface area (Å²) in [5.74, 6) is 0.506. The molecule has 19 heavy (non-hydrogen) atoms. The first-order valence-electron chi connectivity index (χ1n) is 7.38. The summed E-state index contributed by atoms with van der Waals surface area (Å²) in [5, 5.41) is 2.99. The molecular weight excluding hydrogens is 240 g/mol. The summed E-state index contributed by atoms with van der Waals surface area (Å²) in [5.41, 5.74) is 5.96. The maximum absolute atomic E-state index is 11.9. The number of rotatable bonds is 4. The topological polar surface area (TPSA) is 64.4 Å². The zero-order chi connectivity index (χ0) is 14.6. The number of nitrogens with one attached hydrogen (secondary N) is 1. The van der Waals surface area contributed by atoms with Gasteiger partial charge in [0.1, 0.15) is 0 Å². The molecule has 0 saturated carbocycles. The Kier molecular flexibility index (Phi) is 5.81. The largest absolute Gasteiger partial charge is 0.377 e. The van der Waals surface area contributed by atoms with Crippen LogP contribution in [0.4, 0.5) is 0 Å². The van der Waals surface area contributed by atoms with E-state index in [1.54, 1.807) is 0 Å². The first-order valence-corrected chi connectivity index (χ1v) is 7.38. The summed E-state index contributed by atoms with van der Waals surface area (Å²) in [7, 11) is 0. The molecule has 0 aromatic carbocycles. The molecule has 1 amide bonds. The Morgan fingerprint density at radius 2 is 2.05 bits per heavy atom. The maximum atomic E-state index is 11.9. The molecule has 0 aromatic rings. The number of carbonyl (C=O) groups is 1. The van der Waals surface area contributed by atoms with Crippen molar-refractivity contribution in [3.05, 3.63) is 0 Å². The molecule has 1 aliphatic rings. The van der Waals surface area contributed by atoms with Crippen LogP contribution in [-0.4, -0.2) is 31.2 Å². The molecule has 4 heteroatoms. The third-order valence-corrected chi connectivity index (χ3v) is 3.86. The summed E-state index contributed by atoms with van der Waals surface area (Å²) in [4.78, 5) is 11.9. The van der Waals surface area contributed by atoms with Crippen molar-refractivity contribution >= 4 is 5.91 Å². The van der Waals surface area contributed by atoms with Gasteiger partial charge in [-0.15, -0.1) is 0 Å². The monoisotopic (exact) mass is 270 g/mol. The SMILES string of the molecule is CC(C)[C@H](N)C(=O)NCC1CCCOC1C(C)(C)C. The van der Waals surface area contributed by atoms with Crippen molar-refractivity contribution < 1.29 is 9.53 Å². The van der Waals surface area contributed by atoms with Gasteiger partial charge >= 0.3 is 0 Å². The van der Waals surface area contributed by atoms with Gasteiger partial charge in [-0.3, -0.25) is 4.79 Å². The summed E-state index contributed by atoms with van der Waals surface area (Å²) in [6.45, 7) is 12.0. The lowest BCUT2D eigenvalue weighted by Crippen LogP contribution is -2.49. The van der Waals surface area contributed by atoms with E-state index >= 15 is 0 Å². The molecule has 3 N–H and O–H groups in total. The predicted octanol–water partition coefficient (Wildman–Crippen LogP) is 1.93. The van der Waals surface area contributed by atoms with Crippen molar-refractivity contribution in [3.8, 4) is 0 Å². The first-order chi connectivity index (χ1) is 8.73. The second-order valence-electron chi connectivity index (χ2n) is 7.07. The van der Waals surface area contributed by atoms with Crippen molar-refractivity contribution in [1.82, 2.24) is 5.32 Å². The Balaban J connectivity index is 2.52. The Morgan fingerprint density at radius 3 is 2.58 bits per heavy atom. The number of amides is 1. The van der Waals surface area contributed by atoms with Crippen molar-refractivity contribution in [2.75, 3.05) is 13.2 Å².